The van der Waals surface area contributed by atoms with Crippen LogP contribution in [0.4, 0.5) is 34.1 Å². The van der Waals surface area contributed by atoms with E-state index in [4.69, 9.17) is 9.15 Å². The van der Waals surface area contributed by atoms with Crippen LogP contribution in [0.3, 0.4) is 0 Å². The molecule has 0 spiro atoms. The number of furan rings is 1. The fourth-order valence-electron chi connectivity index (χ4n) is 11.7. The average molecular weight is 971 g/mol. The third-order valence-electron chi connectivity index (χ3n) is 14.8. The molecule has 13 aromatic rings. The standard InChI is InChI=1S/C67H42N2O2S2/c1-3-17-45(18-4-1)68(55-26-16-30-59-64(55)52-23-8-11-28-57(52)70-59)47-37-33-43(34-38-47)67(53-25-10-7-22-51(53)63-54(67)41-42-62-65(63)71-58-29-12-14-32-61(58)72-62)44-35-39-48(40-36-44)69(46-19-5-2-6-20-46)56-27-15-24-50-49-21-9-13-31-60(49)73-66(50)56/h1-42H. The highest BCUT2D eigenvalue weighted by Crippen LogP contribution is 2.62. The summed E-state index contributed by atoms with van der Waals surface area (Å²) in [6.45, 7) is 0. The topological polar surface area (TPSA) is 28.9 Å². The van der Waals surface area contributed by atoms with Gasteiger partial charge in [0.15, 0.2) is 0 Å². The maximum atomic E-state index is 7.01. The molecule has 3 heterocycles. The zero-order valence-corrected chi connectivity index (χ0v) is 40.9. The summed E-state index contributed by atoms with van der Waals surface area (Å²) in [5.74, 6) is 1.79. The number of hydrogen-bond acceptors (Lipinski definition) is 6. The van der Waals surface area contributed by atoms with E-state index in [-0.39, 0.29) is 0 Å². The van der Waals surface area contributed by atoms with E-state index in [1.165, 1.54) is 42.4 Å². The van der Waals surface area contributed by atoms with Crippen LogP contribution in [0, 0.1) is 0 Å². The lowest BCUT2D eigenvalue weighted by molar-refractivity contribution is 0.456. The van der Waals surface area contributed by atoms with Crippen molar-refractivity contribution >= 4 is 99.3 Å². The van der Waals surface area contributed by atoms with E-state index in [1.807, 2.05) is 17.4 Å². The smallest absolute Gasteiger partial charge is 0.149 e. The Labute approximate surface area is 430 Å². The Hall–Kier alpha value is -8.81. The maximum absolute atomic E-state index is 7.01. The van der Waals surface area contributed by atoms with Gasteiger partial charge in [0, 0.05) is 49.2 Å². The summed E-state index contributed by atoms with van der Waals surface area (Å²) in [6.07, 6.45) is 0. The molecule has 0 saturated heterocycles. The van der Waals surface area contributed by atoms with Gasteiger partial charge >= 0.3 is 0 Å². The average Bonchev–Trinajstić information content (AvgIpc) is 4.13. The van der Waals surface area contributed by atoms with E-state index in [2.05, 4.69) is 259 Å². The fraction of sp³-hybridized carbons (Fsp3) is 0.0149. The second-order valence-corrected chi connectivity index (χ2v) is 20.8. The molecule has 344 valence electrons. The molecule has 1 atom stereocenters. The molecule has 1 aliphatic carbocycles. The van der Waals surface area contributed by atoms with E-state index in [0.717, 1.165) is 88.5 Å². The summed E-state index contributed by atoms with van der Waals surface area (Å²) >= 11 is 3.63. The Bertz CT molecular complexity index is 4280. The summed E-state index contributed by atoms with van der Waals surface area (Å²) in [6, 6.07) is 92.2. The van der Waals surface area contributed by atoms with Gasteiger partial charge in [-0.1, -0.05) is 169 Å². The quantitative estimate of drug-likeness (QED) is 0.151. The van der Waals surface area contributed by atoms with Crippen molar-refractivity contribution in [1.82, 2.24) is 0 Å². The van der Waals surface area contributed by atoms with Crippen molar-refractivity contribution in [2.45, 2.75) is 15.2 Å². The van der Waals surface area contributed by atoms with Crippen LogP contribution in [0.2, 0.25) is 0 Å². The molecule has 0 bridgehead atoms. The lowest BCUT2D eigenvalue weighted by atomic mass is 9.67. The third-order valence-corrected chi connectivity index (χ3v) is 17.1. The zero-order valence-electron chi connectivity index (χ0n) is 39.3. The molecule has 15 rings (SSSR count). The first kappa shape index (κ1) is 41.9. The molecule has 11 aromatic carbocycles. The molecular weight excluding hydrogens is 929 g/mol. The van der Waals surface area contributed by atoms with Crippen LogP contribution in [0.1, 0.15) is 22.3 Å². The number of rotatable bonds is 8. The number of thiophene rings is 1. The van der Waals surface area contributed by atoms with E-state index in [0.29, 0.717) is 0 Å². The Morgan fingerprint density at radius 2 is 0.959 bits per heavy atom. The lowest BCUT2D eigenvalue weighted by Crippen LogP contribution is -2.29. The van der Waals surface area contributed by atoms with Gasteiger partial charge in [0.05, 0.1) is 36.7 Å². The molecule has 1 aliphatic heterocycles. The summed E-state index contributed by atoms with van der Waals surface area (Å²) in [5, 5.41) is 4.72. The molecule has 0 radical (unpaired) electrons. The molecule has 0 N–H and O–H groups in total. The van der Waals surface area contributed by atoms with Gasteiger partial charge in [-0.15, -0.1) is 11.3 Å². The van der Waals surface area contributed by atoms with Crippen LogP contribution in [-0.2, 0) is 5.41 Å². The van der Waals surface area contributed by atoms with Crippen LogP contribution >= 0.6 is 23.1 Å². The minimum atomic E-state index is -0.718. The van der Waals surface area contributed by atoms with Crippen molar-refractivity contribution in [3.05, 3.63) is 277 Å². The Morgan fingerprint density at radius 1 is 0.384 bits per heavy atom. The van der Waals surface area contributed by atoms with Crippen molar-refractivity contribution in [3.8, 4) is 22.6 Å². The molecule has 2 aliphatic rings. The molecule has 0 amide bonds. The first-order chi connectivity index (χ1) is 36.2. The van der Waals surface area contributed by atoms with E-state index < -0.39 is 5.41 Å². The van der Waals surface area contributed by atoms with Crippen molar-refractivity contribution < 1.29 is 9.15 Å². The molecule has 0 fully saturated rings. The predicted octanol–water partition coefficient (Wildman–Crippen LogP) is 19.5. The van der Waals surface area contributed by atoms with Crippen molar-refractivity contribution in [2.75, 3.05) is 9.80 Å². The monoisotopic (exact) mass is 970 g/mol. The maximum Gasteiger partial charge on any atom is 0.149 e. The third kappa shape index (κ3) is 6.41. The number of ether oxygens (including phenoxy) is 1. The second-order valence-electron chi connectivity index (χ2n) is 18.7. The minimum Gasteiger partial charge on any atom is -0.456 e. The molecule has 1 unspecified atom stereocenters. The highest BCUT2D eigenvalue weighted by molar-refractivity contribution is 7.99. The lowest BCUT2D eigenvalue weighted by Gasteiger charge is -2.35. The number of anilines is 6. The number of hydrogen-bond donors (Lipinski definition) is 0. The molecule has 4 nitrogen and oxygen atoms in total. The second kappa shape index (κ2) is 16.6. The number of nitrogens with zero attached hydrogens (tertiary/aromatic N) is 2. The van der Waals surface area contributed by atoms with Crippen LogP contribution in [-0.4, -0.2) is 0 Å². The minimum absolute atomic E-state index is 0.718. The number of para-hydroxylation sites is 4. The van der Waals surface area contributed by atoms with Gasteiger partial charge in [-0.2, -0.15) is 0 Å². The van der Waals surface area contributed by atoms with Gasteiger partial charge in [-0.05, 0) is 125 Å². The molecular formula is C67H42N2O2S2. The van der Waals surface area contributed by atoms with Gasteiger partial charge in [0.2, 0.25) is 0 Å². The van der Waals surface area contributed by atoms with Gasteiger partial charge in [0.25, 0.3) is 0 Å². The molecule has 2 aromatic heterocycles. The highest BCUT2D eigenvalue weighted by atomic mass is 32.2. The first-order valence-electron chi connectivity index (χ1n) is 24.6. The van der Waals surface area contributed by atoms with Crippen LogP contribution in [0.15, 0.2) is 269 Å². The summed E-state index contributed by atoms with van der Waals surface area (Å²) in [4.78, 5) is 7.01. The van der Waals surface area contributed by atoms with Crippen molar-refractivity contribution in [1.29, 1.82) is 0 Å². The van der Waals surface area contributed by atoms with Gasteiger partial charge in [-0.25, -0.2) is 0 Å². The van der Waals surface area contributed by atoms with E-state index in [1.54, 1.807) is 11.8 Å². The normalized spacial score (nSPS) is 14.4. The van der Waals surface area contributed by atoms with Crippen LogP contribution < -0.4 is 14.5 Å². The Balaban J connectivity index is 0.942. The SMILES string of the molecule is c1ccc(N(c2ccc(C3(c4ccc(N(c5ccccc5)c5cccc6oc7ccccc7c56)cc4)c4ccccc4-c4c3ccc3c4Oc4ccccc4S3)cc2)c2cccc3c2sc2ccccc23)cc1. The predicted molar refractivity (Wildman–Crippen MR) is 304 cm³/mol. The van der Waals surface area contributed by atoms with Crippen LogP contribution in [0.25, 0.3) is 53.2 Å². The largest absolute Gasteiger partial charge is 0.456 e. The van der Waals surface area contributed by atoms with Gasteiger partial charge in [0.1, 0.15) is 22.7 Å². The van der Waals surface area contributed by atoms with E-state index >= 15 is 0 Å². The number of fused-ring (bicyclic) bond motifs is 12. The van der Waals surface area contributed by atoms with Crippen molar-refractivity contribution in [2.24, 2.45) is 0 Å². The molecule has 6 heteroatoms. The number of benzene rings is 11. The van der Waals surface area contributed by atoms with Crippen LogP contribution in [0.5, 0.6) is 11.5 Å². The van der Waals surface area contributed by atoms with E-state index in [9.17, 15) is 0 Å². The fourth-order valence-corrected chi connectivity index (χ4v) is 13.9. The highest BCUT2D eigenvalue weighted by Gasteiger charge is 2.48. The van der Waals surface area contributed by atoms with Gasteiger partial charge < -0.3 is 19.0 Å². The zero-order chi connectivity index (χ0) is 48.0. The van der Waals surface area contributed by atoms with Crippen molar-refractivity contribution in [3.63, 3.8) is 0 Å². The molecule has 0 saturated carbocycles. The molecule has 73 heavy (non-hydrogen) atoms. The Morgan fingerprint density at radius 3 is 1.73 bits per heavy atom. The summed E-state index contributed by atoms with van der Waals surface area (Å²) in [5.41, 5.74) is 14.6. The first-order valence-corrected chi connectivity index (χ1v) is 26.3. The summed E-state index contributed by atoms with van der Waals surface area (Å²) in [7, 11) is 0. The summed E-state index contributed by atoms with van der Waals surface area (Å²) < 4.78 is 16.0. The van der Waals surface area contributed by atoms with Gasteiger partial charge in [-0.3, -0.25) is 0 Å². The Kier molecular flexibility index (Phi) is 9.56.